The number of anilines is 1. The van der Waals surface area contributed by atoms with Crippen LogP contribution >= 0.6 is 0 Å². The summed E-state index contributed by atoms with van der Waals surface area (Å²) in [5, 5.41) is 0. The van der Waals surface area contributed by atoms with Gasteiger partial charge in [0.2, 0.25) is 5.91 Å². The molecule has 0 unspecified atom stereocenters. The quantitative estimate of drug-likeness (QED) is 0.674. The first kappa shape index (κ1) is 9.06. The Hall–Kier alpha value is -1.51. The molecule has 3 heteroatoms. The lowest BCUT2D eigenvalue weighted by atomic mass is 10.1. The lowest BCUT2D eigenvalue weighted by Gasteiger charge is -2.14. The predicted molar refractivity (Wildman–Crippen MR) is 54.7 cm³/mol. The number of carbonyl (C=O) groups is 1. The molecule has 0 aromatic heterocycles. The van der Waals surface area contributed by atoms with E-state index in [2.05, 4.69) is 0 Å². The van der Waals surface area contributed by atoms with E-state index in [-0.39, 0.29) is 5.91 Å². The van der Waals surface area contributed by atoms with Crippen LogP contribution in [-0.2, 0) is 11.2 Å². The third-order valence-corrected chi connectivity index (χ3v) is 2.58. The van der Waals surface area contributed by atoms with Gasteiger partial charge in [0.05, 0.1) is 12.8 Å². The highest BCUT2D eigenvalue weighted by molar-refractivity contribution is 5.94. The highest BCUT2D eigenvalue weighted by Gasteiger charge is 2.24. The van der Waals surface area contributed by atoms with Crippen LogP contribution < -0.4 is 9.64 Å². The van der Waals surface area contributed by atoms with Crippen LogP contribution in [0.25, 0.3) is 0 Å². The molecule has 0 atom stereocenters. The van der Waals surface area contributed by atoms with Crippen molar-refractivity contribution in [2.45, 2.75) is 13.3 Å². The second-order valence-electron chi connectivity index (χ2n) is 3.38. The van der Waals surface area contributed by atoms with Crippen molar-refractivity contribution >= 4 is 11.6 Å². The first-order valence-electron chi connectivity index (χ1n) is 4.68. The van der Waals surface area contributed by atoms with Crippen molar-refractivity contribution in [1.82, 2.24) is 0 Å². The highest BCUT2D eigenvalue weighted by Crippen LogP contribution is 2.34. The Morgan fingerprint density at radius 1 is 1.50 bits per heavy atom. The van der Waals surface area contributed by atoms with Crippen LogP contribution in [0, 0.1) is 0 Å². The minimum atomic E-state index is 0.0944. The molecular weight excluding hydrogens is 178 g/mol. The molecule has 0 fully saturated rings. The minimum absolute atomic E-state index is 0.0944. The van der Waals surface area contributed by atoms with Crippen molar-refractivity contribution in [2.24, 2.45) is 0 Å². The molecule has 14 heavy (non-hydrogen) atoms. The molecule has 3 nitrogen and oxygen atoms in total. The molecule has 1 amide bonds. The van der Waals surface area contributed by atoms with E-state index >= 15 is 0 Å². The summed E-state index contributed by atoms with van der Waals surface area (Å²) in [4.78, 5) is 13.1. The fraction of sp³-hybridized carbons (Fsp3) is 0.364. The van der Waals surface area contributed by atoms with Gasteiger partial charge in [0.1, 0.15) is 5.75 Å². The molecule has 1 aliphatic heterocycles. The summed E-state index contributed by atoms with van der Waals surface area (Å²) in [6.07, 6.45) is 0.888. The number of amides is 1. The summed E-state index contributed by atoms with van der Waals surface area (Å²) < 4.78 is 5.25. The first-order chi connectivity index (χ1) is 6.74. The highest BCUT2D eigenvalue weighted by atomic mass is 16.5. The summed E-state index contributed by atoms with van der Waals surface area (Å²) in [6.45, 7) is 2.36. The zero-order valence-corrected chi connectivity index (χ0v) is 8.41. The molecular formula is C11H13NO2. The molecule has 0 spiro atoms. The van der Waals surface area contributed by atoms with Crippen LogP contribution in [0.1, 0.15) is 12.5 Å². The molecule has 1 heterocycles. The summed E-state index contributed by atoms with van der Waals surface area (Å²) >= 11 is 0. The Labute approximate surface area is 83.3 Å². The molecule has 74 valence electrons. The van der Waals surface area contributed by atoms with Crippen LogP contribution in [0.3, 0.4) is 0 Å². The number of rotatable bonds is 1. The largest absolute Gasteiger partial charge is 0.496 e. The van der Waals surface area contributed by atoms with Crippen molar-refractivity contribution in [3.05, 3.63) is 23.8 Å². The van der Waals surface area contributed by atoms with Crippen LogP contribution in [0.2, 0.25) is 0 Å². The van der Waals surface area contributed by atoms with E-state index < -0.39 is 0 Å². The van der Waals surface area contributed by atoms with Crippen LogP contribution in [0.5, 0.6) is 5.75 Å². The number of ether oxygens (including phenoxy) is 1. The van der Waals surface area contributed by atoms with E-state index in [4.69, 9.17) is 4.74 Å². The predicted octanol–water partition coefficient (Wildman–Crippen LogP) is 1.60. The standard InChI is InChI=1S/C11H13NO2/c1-8(13)12-7-6-9-10(12)4-3-5-11(9)14-2/h3-5H,6-7H2,1-2H3. The van der Waals surface area contributed by atoms with E-state index in [1.807, 2.05) is 18.2 Å². The van der Waals surface area contributed by atoms with Crippen LogP contribution in [0.4, 0.5) is 5.69 Å². The SMILES string of the molecule is COc1cccc2c1CCN2C(C)=O. The molecule has 0 saturated heterocycles. The van der Waals surface area contributed by atoms with E-state index in [1.165, 1.54) is 0 Å². The van der Waals surface area contributed by atoms with Gasteiger partial charge in [0, 0.05) is 19.0 Å². The third kappa shape index (κ3) is 1.25. The maximum absolute atomic E-state index is 11.3. The monoisotopic (exact) mass is 191 g/mol. The van der Waals surface area contributed by atoms with Crippen molar-refractivity contribution in [3.8, 4) is 5.75 Å². The third-order valence-electron chi connectivity index (χ3n) is 2.58. The number of carbonyl (C=O) groups excluding carboxylic acids is 1. The lowest BCUT2D eigenvalue weighted by molar-refractivity contribution is -0.116. The van der Waals surface area contributed by atoms with Gasteiger partial charge in [-0.1, -0.05) is 6.07 Å². The van der Waals surface area contributed by atoms with Crippen LogP contribution in [0.15, 0.2) is 18.2 Å². The number of hydrogen-bond donors (Lipinski definition) is 0. The van der Waals surface area contributed by atoms with Gasteiger partial charge in [-0.05, 0) is 18.6 Å². The van der Waals surface area contributed by atoms with Gasteiger partial charge in [-0.2, -0.15) is 0 Å². The Kier molecular flexibility index (Phi) is 2.15. The van der Waals surface area contributed by atoms with Crippen molar-refractivity contribution in [2.75, 3.05) is 18.6 Å². The molecule has 0 radical (unpaired) electrons. The molecule has 0 N–H and O–H groups in total. The number of fused-ring (bicyclic) bond motifs is 1. The first-order valence-corrected chi connectivity index (χ1v) is 4.68. The van der Waals surface area contributed by atoms with E-state index in [1.54, 1.807) is 18.9 Å². The maximum atomic E-state index is 11.3. The van der Waals surface area contributed by atoms with Crippen molar-refractivity contribution in [3.63, 3.8) is 0 Å². The van der Waals surface area contributed by atoms with Crippen LogP contribution in [-0.4, -0.2) is 19.6 Å². The van der Waals surface area contributed by atoms with Gasteiger partial charge >= 0.3 is 0 Å². The molecule has 0 saturated carbocycles. The van der Waals surface area contributed by atoms with Gasteiger partial charge in [0.15, 0.2) is 0 Å². The lowest BCUT2D eigenvalue weighted by Crippen LogP contribution is -2.25. The second kappa shape index (κ2) is 3.33. The van der Waals surface area contributed by atoms with Crippen molar-refractivity contribution in [1.29, 1.82) is 0 Å². The Morgan fingerprint density at radius 3 is 2.93 bits per heavy atom. The van der Waals surface area contributed by atoms with E-state index in [0.717, 1.165) is 30.0 Å². The number of methoxy groups -OCH3 is 1. The number of benzene rings is 1. The smallest absolute Gasteiger partial charge is 0.223 e. The minimum Gasteiger partial charge on any atom is -0.496 e. The molecule has 2 rings (SSSR count). The van der Waals surface area contributed by atoms with E-state index in [9.17, 15) is 4.79 Å². The van der Waals surface area contributed by atoms with Gasteiger partial charge in [-0.15, -0.1) is 0 Å². The molecule has 0 bridgehead atoms. The van der Waals surface area contributed by atoms with Crippen molar-refractivity contribution < 1.29 is 9.53 Å². The fourth-order valence-electron chi connectivity index (χ4n) is 1.92. The number of hydrogen-bond acceptors (Lipinski definition) is 2. The maximum Gasteiger partial charge on any atom is 0.223 e. The zero-order valence-electron chi connectivity index (χ0n) is 8.41. The molecule has 1 aromatic carbocycles. The fourth-order valence-corrected chi connectivity index (χ4v) is 1.92. The van der Waals surface area contributed by atoms with E-state index in [0.29, 0.717) is 0 Å². The molecule has 0 aliphatic carbocycles. The summed E-state index contributed by atoms with van der Waals surface area (Å²) in [5.74, 6) is 0.975. The average Bonchev–Trinajstić information content (AvgIpc) is 2.60. The molecule has 1 aliphatic rings. The van der Waals surface area contributed by atoms with Gasteiger partial charge in [-0.25, -0.2) is 0 Å². The van der Waals surface area contributed by atoms with Gasteiger partial charge in [0.25, 0.3) is 0 Å². The zero-order chi connectivity index (χ0) is 10.1. The molecule has 1 aromatic rings. The summed E-state index contributed by atoms with van der Waals surface area (Å²) in [7, 11) is 1.66. The Morgan fingerprint density at radius 2 is 2.29 bits per heavy atom. The second-order valence-corrected chi connectivity index (χ2v) is 3.38. The summed E-state index contributed by atoms with van der Waals surface area (Å²) in [5.41, 5.74) is 2.14. The van der Waals surface area contributed by atoms with Gasteiger partial charge in [-0.3, -0.25) is 4.79 Å². The average molecular weight is 191 g/mol. The normalized spacial score (nSPS) is 14.0. The van der Waals surface area contributed by atoms with Gasteiger partial charge < -0.3 is 9.64 Å². The number of nitrogens with zero attached hydrogens (tertiary/aromatic N) is 1. The summed E-state index contributed by atoms with van der Waals surface area (Å²) in [6, 6.07) is 5.81. The Balaban J connectivity index is 2.46. The Bertz CT molecular complexity index is 374. The topological polar surface area (TPSA) is 29.5 Å².